The number of ether oxygens (including phenoxy) is 1. The van der Waals surface area contributed by atoms with E-state index in [-0.39, 0.29) is 11.4 Å². The Morgan fingerprint density at radius 1 is 1.33 bits per heavy atom. The second-order valence-corrected chi connectivity index (χ2v) is 4.55. The smallest absolute Gasteiger partial charge is 0.241 e. The zero-order chi connectivity index (χ0) is 13.1. The van der Waals surface area contributed by atoms with Gasteiger partial charge in [-0.25, -0.2) is 0 Å². The predicted octanol–water partition coefficient (Wildman–Crippen LogP) is 2.61. The second-order valence-electron chi connectivity index (χ2n) is 3.37. The highest BCUT2D eigenvalue weighted by atomic mass is 35.5. The zero-order valence-electron chi connectivity index (χ0n) is 9.01. The lowest BCUT2D eigenvalue weighted by Crippen LogP contribution is -2.16. The van der Waals surface area contributed by atoms with Gasteiger partial charge in [0.2, 0.25) is 10.7 Å². The van der Waals surface area contributed by atoms with Gasteiger partial charge in [0, 0.05) is 0 Å². The molecule has 0 saturated carbocycles. The maximum atomic E-state index is 5.90. The molecule has 0 aliphatic heterocycles. The number of halogens is 2. The number of rotatable bonds is 3. The first kappa shape index (κ1) is 13.1. The highest BCUT2D eigenvalue weighted by molar-refractivity contribution is 7.71. The van der Waals surface area contributed by atoms with E-state index in [4.69, 9.17) is 46.0 Å². The van der Waals surface area contributed by atoms with Crippen molar-refractivity contribution in [2.45, 2.75) is 6.61 Å². The molecule has 1 heterocycles. The highest BCUT2D eigenvalue weighted by Gasteiger charge is 2.03. The first-order chi connectivity index (χ1) is 8.58. The van der Waals surface area contributed by atoms with Gasteiger partial charge in [0.05, 0.1) is 10.0 Å². The summed E-state index contributed by atoms with van der Waals surface area (Å²) in [4.78, 5) is 0. The summed E-state index contributed by atoms with van der Waals surface area (Å²) < 4.78 is 6.74. The summed E-state index contributed by atoms with van der Waals surface area (Å²) in [5.74, 6) is 5.96. The standard InChI is InChI=1S/C10H8Cl2N4OS/c11-7-2-1-6(3-8(7)12)5-17-9-4-14-15-10(18)16(9)13/h1-4H,5,13H2. The third kappa shape index (κ3) is 2.90. The molecule has 0 radical (unpaired) electrons. The summed E-state index contributed by atoms with van der Waals surface area (Å²) in [5, 5.41) is 8.23. The number of hydrogen-bond acceptors (Lipinski definition) is 5. The van der Waals surface area contributed by atoms with Crippen molar-refractivity contribution in [3.05, 3.63) is 44.8 Å². The van der Waals surface area contributed by atoms with Gasteiger partial charge in [0.1, 0.15) is 12.8 Å². The van der Waals surface area contributed by atoms with E-state index >= 15 is 0 Å². The molecule has 2 N–H and O–H groups in total. The molecule has 0 amide bonds. The lowest BCUT2D eigenvalue weighted by Gasteiger charge is -2.09. The number of nitrogens with two attached hydrogens (primary N) is 1. The van der Waals surface area contributed by atoms with Gasteiger partial charge in [-0.2, -0.15) is 9.77 Å². The van der Waals surface area contributed by atoms with Crippen LogP contribution >= 0.6 is 35.4 Å². The summed E-state index contributed by atoms with van der Waals surface area (Å²) in [6, 6.07) is 5.22. The van der Waals surface area contributed by atoms with Crippen LogP contribution in [0.2, 0.25) is 10.0 Å². The van der Waals surface area contributed by atoms with Crippen LogP contribution < -0.4 is 10.6 Å². The molecule has 0 fully saturated rings. The van der Waals surface area contributed by atoms with Crippen LogP contribution in [0.25, 0.3) is 0 Å². The molecule has 18 heavy (non-hydrogen) atoms. The molecule has 2 rings (SSSR count). The van der Waals surface area contributed by atoms with Crippen molar-refractivity contribution in [2.75, 3.05) is 5.84 Å². The predicted molar refractivity (Wildman–Crippen MR) is 71.8 cm³/mol. The normalized spacial score (nSPS) is 10.3. The van der Waals surface area contributed by atoms with Crippen molar-refractivity contribution in [1.82, 2.24) is 14.9 Å². The summed E-state index contributed by atoms with van der Waals surface area (Å²) in [7, 11) is 0. The molecule has 1 aromatic carbocycles. The van der Waals surface area contributed by atoms with Crippen LogP contribution in [0.5, 0.6) is 5.88 Å². The average molecular weight is 303 g/mol. The van der Waals surface area contributed by atoms with Gasteiger partial charge in [-0.1, -0.05) is 29.3 Å². The van der Waals surface area contributed by atoms with E-state index in [2.05, 4.69) is 10.2 Å². The number of nitrogen functional groups attached to an aromatic ring is 1. The van der Waals surface area contributed by atoms with Gasteiger partial charge in [0.15, 0.2) is 0 Å². The molecule has 8 heteroatoms. The maximum absolute atomic E-state index is 5.90. The molecule has 1 aromatic heterocycles. The first-order valence-corrected chi connectivity index (χ1v) is 6.01. The molecule has 94 valence electrons. The van der Waals surface area contributed by atoms with Gasteiger partial charge in [-0.15, -0.1) is 5.10 Å². The topological polar surface area (TPSA) is 66.0 Å². The molecule has 0 aliphatic carbocycles. The van der Waals surface area contributed by atoms with Crippen LogP contribution in [0.4, 0.5) is 0 Å². The summed E-state index contributed by atoms with van der Waals surface area (Å²) in [6.45, 7) is 0.272. The van der Waals surface area contributed by atoms with Crippen LogP contribution in [-0.2, 0) is 6.61 Å². The lowest BCUT2D eigenvalue weighted by molar-refractivity contribution is 0.280. The van der Waals surface area contributed by atoms with Crippen molar-refractivity contribution in [3.63, 3.8) is 0 Å². The molecule has 0 saturated heterocycles. The average Bonchev–Trinajstić information content (AvgIpc) is 2.35. The van der Waals surface area contributed by atoms with Crippen molar-refractivity contribution < 1.29 is 4.74 Å². The van der Waals surface area contributed by atoms with E-state index in [9.17, 15) is 0 Å². The van der Waals surface area contributed by atoms with Crippen LogP contribution in [0.3, 0.4) is 0 Å². The minimum Gasteiger partial charge on any atom is -0.472 e. The van der Waals surface area contributed by atoms with Crippen molar-refractivity contribution >= 4 is 35.4 Å². The Hall–Kier alpha value is -1.37. The molecule has 0 bridgehead atoms. The van der Waals surface area contributed by atoms with Crippen LogP contribution in [0, 0.1) is 4.77 Å². The number of benzene rings is 1. The first-order valence-electron chi connectivity index (χ1n) is 4.84. The van der Waals surface area contributed by atoms with Gasteiger partial charge in [-0.3, -0.25) is 0 Å². The molecule has 0 atom stereocenters. The molecular weight excluding hydrogens is 295 g/mol. The number of hydrogen-bond donors (Lipinski definition) is 1. The van der Waals surface area contributed by atoms with E-state index in [0.29, 0.717) is 15.9 Å². The Morgan fingerprint density at radius 2 is 2.11 bits per heavy atom. The zero-order valence-corrected chi connectivity index (χ0v) is 11.3. The van der Waals surface area contributed by atoms with E-state index in [1.54, 1.807) is 18.2 Å². The summed E-state index contributed by atoms with van der Waals surface area (Å²) >= 11 is 16.6. The SMILES string of the molecule is Nn1c(OCc2ccc(Cl)c(Cl)c2)cnnc1=S. The highest BCUT2D eigenvalue weighted by Crippen LogP contribution is 2.23. The van der Waals surface area contributed by atoms with Crippen molar-refractivity contribution in [1.29, 1.82) is 0 Å². The fourth-order valence-electron chi connectivity index (χ4n) is 1.23. The third-order valence-corrected chi connectivity index (χ3v) is 3.14. The Bertz CT molecular complexity index is 632. The molecule has 0 spiro atoms. The van der Waals surface area contributed by atoms with Crippen molar-refractivity contribution in [2.24, 2.45) is 0 Å². The fourth-order valence-corrected chi connectivity index (χ4v) is 1.68. The molecular formula is C10H8Cl2N4OS. The Labute approximate surface area is 118 Å². The number of nitrogens with zero attached hydrogens (tertiary/aromatic N) is 3. The molecule has 2 aromatic rings. The second kappa shape index (κ2) is 5.51. The van der Waals surface area contributed by atoms with E-state index < -0.39 is 0 Å². The van der Waals surface area contributed by atoms with Gasteiger partial charge in [-0.05, 0) is 29.9 Å². The summed E-state index contributed by atoms with van der Waals surface area (Å²) in [6.07, 6.45) is 1.38. The van der Waals surface area contributed by atoms with Gasteiger partial charge < -0.3 is 10.6 Å². The molecule has 5 nitrogen and oxygen atoms in total. The monoisotopic (exact) mass is 302 g/mol. The van der Waals surface area contributed by atoms with E-state index in [0.717, 1.165) is 10.2 Å². The largest absolute Gasteiger partial charge is 0.472 e. The van der Waals surface area contributed by atoms with Gasteiger partial charge >= 0.3 is 0 Å². The minimum atomic E-state index is 0.140. The third-order valence-electron chi connectivity index (χ3n) is 2.13. The Morgan fingerprint density at radius 3 is 2.83 bits per heavy atom. The van der Waals surface area contributed by atoms with Crippen LogP contribution in [0.15, 0.2) is 24.4 Å². The molecule has 0 aliphatic rings. The maximum Gasteiger partial charge on any atom is 0.241 e. The van der Waals surface area contributed by atoms with E-state index in [1.165, 1.54) is 6.20 Å². The molecule has 0 unspecified atom stereocenters. The van der Waals surface area contributed by atoms with Gasteiger partial charge in [0.25, 0.3) is 0 Å². The van der Waals surface area contributed by atoms with E-state index in [1.807, 2.05) is 0 Å². The fraction of sp³-hybridized carbons (Fsp3) is 0.100. The summed E-state index contributed by atoms with van der Waals surface area (Å²) in [5.41, 5.74) is 0.854. The quantitative estimate of drug-likeness (QED) is 0.697. The minimum absolute atomic E-state index is 0.140. The number of aromatic nitrogens is 3. The Balaban J connectivity index is 2.14. The van der Waals surface area contributed by atoms with Crippen LogP contribution in [-0.4, -0.2) is 14.9 Å². The van der Waals surface area contributed by atoms with Crippen molar-refractivity contribution in [3.8, 4) is 5.88 Å². The Kier molecular flexibility index (Phi) is 4.00. The lowest BCUT2D eigenvalue weighted by atomic mass is 10.2. The van der Waals surface area contributed by atoms with Crippen LogP contribution in [0.1, 0.15) is 5.56 Å².